The smallest absolute Gasteiger partial charge is 0.510 e. The first kappa shape index (κ1) is 34.8. The Labute approximate surface area is 259 Å². The Morgan fingerprint density at radius 1 is 0.458 bits per heavy atom. The molecule has 0 fully saturated rings. The lowest BCUT2D eigenvalue weighted by Crippen LogP contribution is -2.21. The van der Waals surface area contributed by atoms with Gasteiger partial charge in [-0.15, -0.1) is 0 Å². The van der Waals surface area contributed by atoms with Gasteiger partial charge in [-0.1, -0.05) is 11.6 Å². The van der Waals surface area contributed by atoms with Crippen LogP contribution in [0.5, 0.6) is 5.75 Å². The van der Waals surface area contributed by atoms with Crippen molar-refractivity contribution in [3.63, 3.8) is 0 Å². The Balaban J connectivity index is 2.25. The summed E-state index contributed by atoms with van der Waals surface area (Å²) in [6, 6.07) is 0. The molecule has 0 aliphatic heterocycles. The van der Waals surface area contributed by atoms with E-state index in [1.165, 1.54) is 0 Å². The van der Waals surface area contributed by atoms with Crippen molar-refractivity contribution in [2.45, 2.75) is 6.92 Å². The standard InChI is InChI=1S/C27H6BClF15NO3/c1-2-27(48-28(46)47)9-4(7-13(32)19(38)24(43)20(39)14(7)33)10(29)3(6-11(30)17(36)23(42)18(37)12(6)31)5(26(9)45-2)8-15(34)21(40)25(44)22(41)16(8)35/h45-47H,1H3. The molecule has 0 atom stereocenters. The van der Waals surface area contributed by atoms with Gasteiger partial charge in [0, 0.05) is 16.7 Å². The van der Waals surface area contributed by atoms with Gasteiger partial charge in [0.1, 0.15) is 5.75 Å². The van der Waals surface area contributed by atoms with Gasteiger partial charge in [0.15, 0.2) is 69.8 Å². The lowest BCUT2D eigenvalue weighted by molar-refractivity contribution is 0.288. The Kier molecular flexibility index (Phi) is 8.58. The average Bonchev–Trinajstić information content (AvgIpc) is 3.35. The number of halogens is 16. The van der Waals surface area contributed by atoms with Gasteiger partial charge >= 0.3 is 7.32 Å². The molecule has 0 aliphatic rings. The number of benzene rings is 4. The van der Waals surface area contributed by atoms with Crippen LogP contribution in [0, 0.1) is 94.2 Å². The van der Waals surface area contributed by atoms with Crippen molar-refractivity contribution >= 4 is 29.8 Å². The molecule has 4 aromatic carbocycles. The van der Waals surface area contributed by atoms with Crippen LogP contribution in [0.2, 0.25) is 5.02 Å². The first-order chi connectivity index (χ1) is 22.3. The minimum atomic E-state index is -2.97. The van der Waals surface area contributed by atoms with Crippen molar-refractivity contribution < 1.29 is 80.6 Å². The largest absolute Gasteiger partial charge is 0.707 e. The van der Waals surface area contributed by atoms with Gasteiger partial charge in [0.2, 0.25) is 17.5 Å². The van der Waals surface area contributed by atoms with Gasteiger partial charge in [-0.05, 0) is 6.92 Å². The number of fused-ring (bicyclic) bond motifs is 1. The predicted molar refractivity (Wildman–Crippen MR) is 135 cm³/mol. The van der Waals surface area contributed by atoms with Crippen molar-refractivity contribution in [3.05, 3.63) is 98.0 Å². The molecule has 0 amide bonds. The predicted octanol–water partition coefficient (Wildman–Crippen LogP) is 8.57. The summed E-state index contributed by atoms with van der Waals surface area (Å²) >= 11 is 6.18. The van der Waals surface area contributed by atoms with Crippen molar-refractivity contribution in [2.75, 3.05) is 0 Å². The molecule has 4 nitrogen and oxygen atoms in total. The fourth-order valence-electron chi connectivity index (χ4n) is 4.95. The Morgan fingerprint density at radius 3 is 1.08 bits per heavy atom. The third-order valence-corrected chi connectivity index (χ3v) is 7.30. The summed E-state index contributed by atoms with van der Waals surface area (Å²) < 4.78 is 225. The summed E-state index contributed by atoms with van der Waals surface area (Å²) in [6.45, 7) is 0.814. The second-order valence-corrected chi connectivity index (χ2v) is 9.92. The molecule has 0 spiro atoms. The Morgan fingerprint density at radius 2 is 0.750 bits per heavy atom. The maximum Gasteiger partial charge on any atom is 0.707 e. The van der Waals surface area contributed by atoms with Crippen LogP contribution >= 0.6 is 11.6 Å². The number of aromatic amines is 1. The number of H-pyrrole nitrogens is 1. The zero-order chi connectivity index (χ0) is 36.0. The van der Waals surface area contributed by atoms with Gasteiger partial charge in [-0.25, -0.2) is 65.9 Å². The fraction of sp³-hybridized carbons (Fsp3) is 0.0370. The maximum absolute atomic E-state index is 15.3. The van der Waals surface area contributed by atoms with Crippen LogP contribution in [-0.4, -0.2) is 22.4 Å². The third kappa shape index (κ3) is 4.75. The van der Waals surface area contributed by atoms with Gasteiger partial charge in [-0.2, -0.15) is 0 Å². The number of nitrogens with one attached hydrogen (secondary N) is 1. The first-order valence-corrected chi connectivity index (χ1v) is 12.6. The molecule has 3 N–H and O–H groups in total. The normalized spacial score (nSPS) is 11.6. The van der Waals surface area contributed by atoms with Crippen molar-refractivity contribution in [1.29, 1.82) is 0 Å². The number of aromatic nitrogens is 1. The number of aryl methyl sites for hydroxylation is 1. The van der Waals surface area contributed by atoms with Crippen molar-refractivity contribution in [1.82, 2.24) is 4.98 Å². The van der Waals surface area contributed by atoms with Gasteiger partial charge in [0.05, 0.1) is 38.3 Å². The zero-order valence-corrected chi connectivity index (χ0v) is 23.2. The summed E-state index contributed by atoms with van der Waals surface area (Å²) in [7, 11) is -2.97. The van der Waals surface area contributed by atoms with Gasteiger partial charge in [0.25, 0.3) is 0 Å². The van der Waals surface area contributed by atoms with Crippen LogP contribution in [-0.2, 0) is 0 Å². The van der Waals surface area contributed by atoms with Crippen molar-refractivity contribution in [3.8, 4) is 39.1 Å². The molecule has 0 unspecified atom stereocenters. The Bertz CT molecular complexity index is 2160. The highest BCUT2D eigenvalue weighted by Gasteiger charge is 2.39. The van der Waals surface area contributed by atoms with Crippen LogP contribution in [0.4, 0.5) is 65.9 Å². The second kappa shape index (κ2) is 11.8. The monoisotopic (exact) mass is 723 g/mol. The van der Waals surface area contributed by atoms with E-state index in [1.54, 1.807) is 0 Å². The van der Waals surface area contributed by atoms with Gasteiger partial charge in [-0.3, -0.25) is 0 Å². The lowest BCUT2D eigenvalue weighted by atomic mass is 9.86. The summed E-state index contributed by atoms with van der Waals surface area (Å²) in [6.07, 6.45) is 0. The molecule has 5 rings (SSSR count). The highest BCUT2D eigenvalue weighted by atomic mass is 35.5. The Hall–Kier alpha value is -4.56. The molecule has 252 valence electrons. The van der Waals surface area contributed by atoms with Crippen LogP contribution in [0.3, 0.4) is 0 Å². The van der Waals surface area contributed by atoms with Crippen LogP contribution in [0.1, 0.15) is 5.69 Å². The molecule has 1 heterocycles. The van der Waals surface area contributed by atoms with Crippen LogP contribution in [0.15, 0.2) is 0 Å². The minimum absolute atomic E-state index is 0.709. The van der Waals surface area contributed by atoms with Gasteiger partial charge < -0.3 is 19.7 Å². The maximum atomic E-state index is 15.3. The summed E-state index contributed by atoms with van der Waals surface area (Å²) in [5.41, 5.74) is -14.5. The molecule has 0 saturated heterocycles. The highest BCUT2D eigenvalue weighted by Crippen LogP contribution is 2.55. The number of hydrogen-bond acceptors (Lipinski definition) is 3. The van der Waals surface area contributed by atoms with E-state index in [1.807, 2.05) is 4.98 Å². The van der Waals surface area contributed by atoms with E-state index in [9.17, 15) is 49.6 Å². The number of rotatable bonds is 5. The lowest BCUT2D eigenvalue weighted by Gasteiger charge is -2.22. The molecular weight excluding hydrogens is 718 g/mol. The van der Waals surface area contributed by atoms with Crippen LogP contribution in [0.25, 0.3) is 44.3 Å². The van der Waals surface area contributed by atoms with Crippen LogP contribution < -0.4 is 4.65 Å². The van der Waals surface area contributed by atoms with E-state index in [0.29, 0.717) is 0 Å². The number of hydrogen-bond donors (Lipinski definition) is 3. The molecule has 5 aromatic rings. The van der Waals surface area contributed by atoms with E-state index >= 15 is 26.3 Å². The van der Waals surface area contributed by atoms with E-state index in [4.69, 9.17) is 11.6 Å². The topological polar surface area (TPSA) is 65.5 Å². The molecule has 21 heteroatoms. The van der Waals surface area contributed by atoms with E-state index in [2.05, 4.69) is 4.65 Å². The zero-order valence-electron chi connectivity index (χ0n) is 22.4. The van der Waals surface area contributed by atoms with Crippen molar-refractivity contribution in [2.24, 2.45) is 0 Å². The summed E-state index contributed by atoms with van der Waals surface area (Å²) in [5.74, 6) is -43.6. The summed E-state index contributed by atoms with van der Waals surface area (Å²) in [4.78, 5) is 2.02. The SMILES string of the molecule is Cc1[nH]c2c(-c3c(F)c(F)c(F)c(F)c3F)c(-c3c(F)c(F)c(F)c(F)c3F)c(Cl)c(-c3c(F)c(F)c(F)c(F)c3F)c2c1OB(O)O. The third-order valence-electron chi connectivity index (χ3n) is 6.92. The van der Waals surface area contributed by atoms with E-state index < -0.39 is 155 Å². The fourth-order valence-corrected chi connectivity index (χ4v) is 5.33. The second-order valence-electron chi connectivity index (χ2n) is 9.55. The van der Waals surface area contributed by atoms with E-state index in [0.717, 1.165) is 6.92 Å². The quantitative estimate of drug-likeness (QED) is 0.0738. The molecule has 0 saturated carbocycles. The molecule has 48 heavy (non-hydrogen) atoms. The minimum Gasteiger partial charge on any atom is -0.510 e. The molecule has 1 aromatic heterocycles. The molecule has 0 radical (unpaired) electrons. The molecule has 0 aliphatic carbocycles. The highest BCUT2D eigenvalue weighted by molar-refractivity contribution is 6.40. The molecular formula is C27H6BClF15NO3. The summed E-state index contributed by atoms with van der Waals surface area (Å²) in [5, 5.41) is 15.6. The van der Waals surface area contributed by atoms with E-state index in [-0.39, 0.29) is 0 Å². The molecule has 0 bridgehead atoms. The average molecular weight is 724 g/mol. The first-order valence-electron chi connectivity index (χ1n) is 12.2.